The fourth-order valence-electron chi connectivity index (χ4n) is 1.65. The Hall–Kier alpha value is -0.910. The number of carbonyl (C=O) groups excluding carboxylic acids is 1. The average Bonchev–Trinajstić information content (AvgIpc) is 2.30. The number of rotatable bonds is 8. The van der Waals surface area contributed by atoms with Crippen LogP contribution in [-0.4, -0.2) is 52.6 Å². The van der Waals surface area contributed by atoms with Crippen LogP contribution in [0.15, 0.2) is 0 Å². The second kappa shape index (κ2) is 9.07. The zero-order valence-electron chi connectivity index (χ0n) is 12.5. The molecule has 0 rings (SSSR count). The summed E-state index contributed by atoms with van der Waals surface area (Å²) in [5, 5.41) is 11.7. The highest BCUT2D eigenvalue weighted by atomic mass is 32.2. The number of nitrogens with one attached hydrogen (secondary N) is 1. The van der Waals surface area contributed by atoms with E-state index < -0.39 is 12.0 Å². The lowest BCUT2D eigenvalue weighted by atomic mass is 10.2. The van der Waals surface area contributed by atoms with Gasteiger partial charge in [-0.1, -0.05) is 13.8 Å². The summed E-state index contributed by atoms with van der Waals surface area (Å²) >= 11 is 1.57. The predicted molar refractivity (Wildman–Crippen MR) is 79.6 cm³/mol. The number of carboxylic acid groups (broad SMARTS) is 1. The summed E-state index contributed by atoms with van der Waals surface area (Å²) in [6.07, 6.45) is 2.36. The van der Waals surface area contributed by atoms with E-state index in [9.17, 15) is 9.59 Å². The Kier molecular flexibility index (Phi) is 8.63. The lowest BCUT2D eigenvalue weighted by Crippen LogP contribution is -2.51. The molecule has 0 bridgehead atoms. The van der Waals surface area contributed by atoms with Crippen LogP contribution in [-0.2, 0) is 4.79 Å². The van der Waals surface area contributed by atoms with Gasteiger partial charge in [-0.15, -0.1) is 0 Å². The zero-order chi connectivity index (χ0) is 15.0. The topological polar surface area (TPSA) is 69.6 Å². The molecular formula is C13H26N2O3S. The molecule has 2 amide bonds. The summed E-state index contributed by atoms with van der Waals surface area (Å²) in [5.74, 6) is 0.0848. The maximum atomic E-state index is 12.1. The Morgan fingerprint density at radius 3 is 2.21 bits per heavy atom. The molecule has 0 aliphatic rings. The molecule has 2 N–H and O–H groups in total. The second-order valence-corrected chi connectivity index (χ2v) is 6.25. The van der Waals surface area contributed by atoms with Crippen molar-refractivity contribution >= 4 is 23.8 Å². The molecule has 0 heterocycles. The fourth-order valence-corrected chi connectivity index (χ4v) is 2.12. The number of amides is 2. The summed E-state index contributed by atoms with van der Waals surface area (Å²) in [6.45, 7) is 8.55. The van der Waals surface area contributed by atoms with Crippen molar-refractivity contribution in [2.45, 2.75) is 46.2 Å². The van der Waals surface area contributed by atoms with Gasteiger partial charge in [0.1, 0.15) is 6.04 Å². The van der Waals surface area contributed by atoms with E-state index in [1.165, 1.54) is 0 Å². The standard InChI is InChI=1S/C13H26N2O3S/c1-9(2)8-15(10(3)4)13(18)14-11(12(16)17)6-7-19-5/h9-11H,6-8H2,1-5H3,(H,14,18)(H,16,17)/t11-/m1/s1. The Balaban J connectivity index is 4.61. The number of carbonyl (C=O) groups is 2. The molecule has 0 aromatic carbocycles. The molecule has 0 spiro atoms. The van der Waals surface area contributed by atoms with Crippen LogP contribution in [0.1, 0.15) is 34.1 Å². The molecule has 0 radical (unpaired) electrons. The van der Waals surface area contributed by atoms with Gasteiger partial charge in [0.2, 0.25) is 0 Å². The molecule has 0 aliphatic carbocycles. The van der Waals surface area contributed by atoms with Crippen LogP contribution in [0.25, 0.3) is 0 Å². The monoisotopic (exact) mass is 290 g/mol. The minimum atomic E-state index is -0.976. The molecule has 0 aromatic heterocycles. The van der Waals surface area contributed by atoms with Crippen molar-refractivity contribution in [1.82, 2.24) is 10.2 Å². The van der Waals surface area contributed by atoms with Gasteiger partial charge in [0, 0.05) is 12.6 Å². The van der Waals surface area contributed by atoms with Gasteiger partial charge in [0.05, 0.1) is 0 Å². The molecule has 19 heavy (non-hydrogen) atoms. The third-order valence-electron chi connectivity index (χ3n) is 2.65. The fraction of sp³-hybridized carbons (Fsp3) is 0.846. The maximum absolute atomic E-state index is 12.1. The van der Waals surface area contributed by atoms with Crippen LogP contribution < -0.4 is 5.32 Å². The van der Waals surface area contributed by atoms with Crippen molar-refractivity contribution in [3.63, 3.8) is 0 Å². The first kappa shape index (κ1) is 18.1. The number of nitrogens with zero attached hydrogens (tertiary/aromatic N) is 1. The molecule has 6 heteroatoms. The summed E-state index contributed by atoms with van der Waals surface area (Å²) in [5.41, 5.74) is 0. The molecule has 0 aliphatic heterocycles. The lowest BCUT2D eigenvalue weighted by Gasteiger charge is -2.30. The summed E-state index contributed by atoms with van der Waals surface area (Å²) in [4.78, 5) is 24.9. The summed E-state index contributed by atoms with van der Waals surface area (Å²) < 4.78 is 0. The highest BCUT2D eigenvalue weighted by molar-refractivity contribution is 7.98. The maximum Gasteiger partial charge on any atom is 0.326 e. The highest BCUT2D eigenvalue weighted by Gasteiger charge is 2.24. The Morgan fingerprint density at radius 1 is 1.26 bits per heavy atom. The van der Waals surface area contributed by atoms with E-state index >= 15 is 0 Å². The first-order chi connectivity index (χ1) is 8.79. The molecule has 5 nitrogen and oxygen atoms in total. The van der Waals surface area contributed by atoms with Crippen molar-refractivity contribution in [3.8, 4) is 0 Å². The summed E-state index contributed by atoms with van der Waals surface area (Å²) in [6, 6.07) is -1.05. The van der Waals surface area contributed by atoms with E-state index in [0.29, 0.717) is 24.6 Å². The van der Waals surface area contributed by atoms with E-state index in [4.69, 9.17) is 5.11 Å². The third-order valence-corrected chi connectivity index (χ3v) is 3.30. The highest BCUT2D eigenvalue weighted by Crippen LogP contribution is 2.07. The van der Waals surface area contributed by atoms with Crippen LogP contribution in [0.4, 0.5) is 4.79 Å². The molecule has 0 unspecified atom stereocenters. The van der Waals surface area contributed by atoms with E-state index in [1.54, 1.807) is 16.7 Å². The van der Waals surface area contributed by atoms with Gasteiger partial charge in [0.15, 0.2) is 0 Å². The number of thioether (sulfide) groups is 1. The second-order valence-electron chi connectivity index (χ2n) is 5.26. The number of hydrogen-bond acceptors (Lipinski definition) is 3. The van der Waals surface area contributed by atoms with Crippen molar-refractivity contribution in [2.24, 2.45) is 5.92 Å². The van der Waals surface area contributed by atoms with Crippen LogP contribution in [0.3, 0.4) is 0 Å². The van der Waals surface area contributed by atoms with Crippen LogP contribution >= 0.6 is 11.8 Å². The van der Waals surface area contributed by atoms with Gasteiger partial charge in [-0.2, -0.15) is 11.8 Å². The zero-order valence-corrected chi connectivity index (χ0v) is 13.3. The van der Waals surface area contributed by atoms with E-state index in [2.05, 4.69) is 5.32 Å². The van der Waals surface area contributed by atoms with Crippen LogP contribution in [0, 0.1) is 5.92 Å². The van der Waals surface area contributed by atoms with E-state index in [1.807, 2.05) is 34.0 Å². The molecule has 1 atom stereocenters. The van der Waals surface area contributed by atoms with Crippen molar-refractivity contribution in [2.75, 3.05) is 18.6 Å². The van der Waals surface area contributed by atoms with Crippen LogP contribution in [0.5, 0.6) is 0 Å². The van der Waals surface area contributed by atoms with Crippen molar-refractivity contribution in [1.29, 1.82) is 0 Å². The van der Waals surface area contributed by atoms with Gasteiger partial charge in [-0.25, -0.2) is 9.59 Å². The number of urea groups is 1. The summed E-state index contributed by atoms with van der Waals surface area (Å²) in [7, 11) is 0. The average molecular weight is 290 g/mol. The Bertz CT molecular complexity index is 296. The third kappa shape index (κ3) is 7.30. The first-order valence-corrected chi connectivity index (χ1v) is 7.97. The Labute approximate surface area is 120 Å². The van der Waals surface area contributed by atoms with Crippen molar-refractivity contribution < 1.29 is 14.7 Å². The largest absolute Gasteiger partial charge is 0.480 e. The minimum Gasteiger partial charge on any atom is -0.480 e. The van der Waals surface area contributed by atoms with Gasteiger partial charge >= 0.3 is 12.0 Å². The van der Waals surface area contributed by atoms with E-state index in [-0.39, 0.29) is 12.1 Å². The van der Waals surface area contributed by atoms with Gasteiger partial charge in [-0.05, 0) is 38.2 Å². The van der Waals surface area contributed by atoms with Crippen molar-refractivity contribution in [3.05, 3.63) is 0 Å². The van der Waals surface area contributed by atoms with Gasteiger partial charge < -0.3 is 15.3 Å². The van der Waals surface area contributed by atoms with E-state index in [0.717, 1.165) is 0 Å². The van der Waals surface area contributed by atoms with Gasteiger partial charge in [0.25, 0.3) is 0 Å². The van der Waals surface area contributed by atoms with Crippen LogP contribution in [0.2, 0.25) is 0 Å². The van der Waals surface area contributed by atoms with Gasteiger partial charge in [-0.3, -0.25) is 0 Å². The molecule has 0 aromatic rings. The minimum absolute atomic E-state index is 0.0531. The molecule has 0 fully saturated rings. The normalized spacial score (nSPS) is 12.6. The lowest BCUT2D eigenvalue weighted by molar-refractivity contribution is -0.139. The molecule has 0 saturated heterocycles. The number of carboxylic acids is 1. The SMILES string of the molecule is CSCC[C@@H](NC(=O)N(CC(C)C)C(C)C)C(=O)O. The number of aliphatic carboxylic acids is 1. The molecule has 0 saturated carbocycles. The predicted octanol–water partition coefficient (Wildman–Crippen LogP) is 2.27. The molecule has 112 valence electrons. The molecular weight excluding hydrogens is 264 g/mol. The number of hydrogen-bond donors (Lipinski definition) is 2. The smallest absolute Gasteiger partial charge is 0.326 e. The first-order valence-electron chi connectivity index (χ1n) is 6.58. The quantitative estimate of drug-likeness (QED) is 0.719. The Morgan fingerprint density at radius 2 is 1.84 bits per heavy atom.